The maximum Gasteiger partial charge on any atom is 0.344 e. The molecule has 1 aromatic heterocycles. The Morgan fingerprint density at radius 2 is 1.79 bits per heavy atom. The van der Waals surface area contributed by atoms with Crippen molar-refractivity contribution in [3.8, 4) is 0 Å². The van der Waals surface area contributed by atoms with Gasteiger partial charge in [0, 0.05) is 37.4 Å². The van der Waals surface area contributed by atoms with Crippen molar-refractivity contribution in [2.75, 3.05) is 13.2 Å². The molecule has 3 atom stereocenters. The smallest absolute Gasteiger partial charge is 0.344 e. The summed E-state index contributed by atoms with van der Waals surface area (Å²) in [4.78, 5) is 40.3. The van der Waals surface area contributed by atoms with Gasteiger partial charge in [-0.15, -0.1) is 12.4 Å². The molecule has 2 fully saturated rings. The minimum Gasteiger partial charge on any atom is -0.466 e. The van der Waals surface area contributed by atoms with E-state index in [1.165, 1.54) is 0 Å². The zero-order chi connectivity index (χ0) is 23.5. The minimum absolute atomic E-state index is 0. The van der Waals surface area contributed by atoms with E-state index in [9.17, 15) is 14.4 Å². The maximum absolute atomic E-state index is 13.1. The van der Waals surface area contributed by atoms with Gasteiger partial charge in [0.25, 0.3) is 5.56 Å². The van der Waals surface area contributed by atoms with Gasteiger partial charge in [-0.25, -0.2) is 4.79 Å². The Kier molecular flexibility index (Phi) is 8.77. The standard InChI is InChI=1S/C26H34N2O5.ClH/c1-4-32-24(29)10-7-13-27-19-11-12-20(27)16-21(15-19)33-26(31)22-14-18-8-5-6-9-23(18)28(17(2)3)25(22)30;/h5-6,8-9,14,17,19-21H,4,7,10-13,15-16H2,1-3H3;1H/t19-,20+,21+;. The lowest BCUT2D eigenvalue weighted by Gasteiger charge is -2.38. The Bertz CT molecular complexity index is 1070. The summed E-state index contributed by atoms with van der Waals surface area (Å²) in [5, 5.41) is 0.856. The fourth-order valence-corrected chi connectivity index (χ4v) is 5.48. The van der Waals surface area contributed by atoms with Gasteiger partial charge in [-0.2, -0.15) is 0 Å². The third kappa shape index (κ3) is 5.47. The number of hydrogen-bond donors (Lipinski definition) is 0. The third-order valence-electron chi connectivity index (χ3n) is 6.90. The molecule has 1 aromatic carbocycles. The van der Waals surface area contributed by atoms with Gasteiger partial charge in [-0.1, -0.05) is 18.2 Å². The number of pyridine rings is 1. The first-order valence-electron chi connectivity index (χ1n) is 12.2. The highest BCUT2D eigenvalue weighted by molar-refractivity contribution is 5.94. The molecule has 8 heteroatoms. The molecule has 2 saturated heterocycles. The van der Waals surface area contributed by atoms with E-state index in [4.69, 9.17) is 9.47 Å². The van der Waals surface area contributed by atoms with Crippen molar-refractivity contribution in [3.05, 3.63) is 46.2 Å². The lowest BCUT2D eigenvalue weighted by molar-refractivity contribution is -0.143. The predicted octanol–water partition coefficient (Wildman–Crippen LogP) is 4.50. The van der Waals surface area contributed by atoms with Crippen molar-refractivity contribution in [3.63, 3.8) is 0 Å². The summed E-state index contributed by atoms with van der Waals surface area (Å²) in [5.74, 6) is -0.670. The average Bonchev–Trinajstić information content (AvgIpc) is 3.01. The molecule has 2 bridgehead atoms. The van der Waals surface area contributed by atoms with Gasteiger partial charge in [0.05, 0.1) is 12.1 Å². The van der Waals surface area contributed by atoms with Crippen molar-refractivity contribution in [1.82, 2.24) is 9.47 Å². The van der Waals surface area contributed by atoms with Crippen molar-refractivity contribution in [2.45, 2.75) is 83.5 Å². The van der Waals surface area contributed by atoms with Crippen LogP contribution in [0.1, 0.15) is 75.7 Å². The highest BCUT2D eigenvalue weighted by Gasteiger charge is 2.42. The zero-order valence-electron chi connectivity index (χ0n) is 20.2. The molecule has 7 nitrogen and oxygen atoms in total. The van der Waals surface area contributed by atoms with E-state index < -0.39 is 5.97 Å². The van der Waals surface area contributed by atoms with E-state index in [2.05, 4.69) is 4.90 Å². The van der Waals surface area contributed by atoms with E-state index in [1.807, 2.05) is 45.0 Å². The van der Waals surface area contributed by atoms with Gasteiger partial charge >= 0.3 is 11.9 Å². The molecule has 0 aliphatic carbocycles. The van der Waals surface area contributed by atoms with Gasteiger partial charge < -0.3 is 14.0 Å². The number of nitrogens with zero attached hydrogens (tertiary/aromatic N) is 2. The molecule has 2 aromatic rings. The number of carbonyl (C=O) groups excluding carboxylic acids is 2. The lowest BCUT2D eigenvalue weighted by Crippen LogP contribution is -2.46. The third-order valence-corrected chi connectivity index (χ3v) is 6.90. The van der Waals surface area contributed by atoms with E-state index in [1.54, 1.807) is 10.6 Å². The maximum atomic E-state index is 13.1. The summed E-state index contributed by atoms with van der Waals surface area (Å²) in [5.41, 5.74) is 0.628. The van der Waals surface area contributed by atoms with Gasteiger partial charge in [0.15, 0.2) is 0 Å². The summed E-state index contributed by atoms with van der Waals surface area (Å²) in [7, 11) is 0. The van der Waals surface area contributed by atoms with Crippen LogP contribution in [0.5, 0.6) is 0 Å². The SMILES string of the molecule is CCOC(=O)CCCN1[C@@H]2CC[C@H]1C[C@@H](OC(=O)c1cc3ccccc3n(C(C)C)c1=O)C2.Cl. The number of benzene rings is 1. The van der Waals surface area contributed by atoms with Crippen LogP contribution in [0.3, 0.4) is 0 Å². The molecule has 0 N–H and O–H groups in total. The van der Waals surface area contributed by atoms with Gasteiger partial charge in [0.2, 0.25) is 0 Å². The van der Waals surface area contributed by atoms with Crippen LogP contribution in [-0.4, -0.2) is 52.7 Å². The van der Waals surface area contributed by atoms with Crippen molar-refractivity contribution < 1.29 is 19.1 Å². The first-order chi connectivity index (χ1) is 15.9. The fourth-order valence-electron chi connectivity index (χ4n) is 5.48. The average molecular weight is 491 g/mol. The molecule has 0 radical (unpaired) electrons. The number of para-hydroxylation sites is 1. The number of carbonyl (C=O) groups is 2. The molecule has 0 saturated carbocycles. The molecule has 4 rings (SSSR count). The van der Waals surface area contributed by atoms with Crippen LogP contribution in [0.15, 0.2) is 35.1 Å². The largest absolute Gasteiger partial charge is 0.466 e. The highest BCUT2D eigenvalue weighted by atomic mass is 35.5. The molecule has 34 heavy (non-hydrogen) atoms. The van der Waals surface area contributed by atoms with Crippen molar-refractivity contribution in [2.24, 2.45) is 0 Å². The number of esters is 2. The molecule has 0 spiro atoms. The topological polar surface area (TPSA) is 77.8 Å². The first kappa shape index (κ1) is 26.2. The second kappa shape index (κ2) is 11.4. The lowest BCUT2D eigenvalue weighted by atomic mass is 9.99. The number of rotatable bonds is 8. The molecular formula is C26H35ClN2O5. The zero-order valence-corrected chi connectivity index (χ0v) is 21.0. The minimum atomic E-state index is -0.527. The monoisotopic (exact) mass is 490 g/mol. The highest BCUT2D eigenvalue weighted by Crippen LogP contribution is 2.37. The van der Waals surface area contributed by atoms with Gasteiger partial charge in [-0.05, 0) is 64.1 Å². The van der Waals surface area contributed by atoms with E-state index in [-0.39, 0.29) is 41.6 Å². The van der Waals surface area contributed by atoms with Crippen LogP contribution < -0.4 is 5.56 Å². The summed E-state index contributed by atoms with van der Waals surface area (Å²) in [6.07, 6.45) is 4.73. The Labute approximate surface area is 206 Å². The molecule has 3 heterocycles. The van der Waals surface area contributed by atoms with E-state index in [0.717, 1.165) is 49.6 Å². The van der Waals surface area contributed by atoms with Crippen LogP contribution in [0.4, 0.5) is 0 Å². The number of piperidine rings is 1. The van der Waals surface area contributed by atoms with Crippen molar-refractivity contribution >= 4 is 35.2 Å². The molecule has 2 aliphatic heterocycles. The number of aromatic nitrogens is 1. The van der Waals surface area contributed by atoms with Gasteiger partial charge in [0.1, 0.15) is 11.7 Å². The summed E-state index contributed by atoms with van der Waals surface area (Å²) >= 11 is 0. The summed E-state index contributed by atoms with van der Waals surface area (Å²) in [6.45, 7) is 6.98. The van der Waals surface area contributed by atoms with Crippen LogP contribution >= 0.6 is 12.4 Å². The second-order valence-electron chi connectivity index (χ2n) is 9.42. The van der Waals surface area contributed by atoms with Crippen LogP contribution in [-0.2, 0) is 14.3 Å². The van der Waals surface area contributed by atoms with Crippen LogP contribution in [0.25, 0.3) is 10.9 Å². The van der Waals surface area contributed by atoms with Crippen molar-refractivity contribution in [1.29, 1.82) is 0 Å². The molecular weight excluding hydrogens is 456 g/mol. The molecule has 0 amide bonds. The van der Waals surface area contributed by atoms with E-state index in [0.29, 0.717) is 25.1 Å². The predicted molar refractivity (Wildman–Crippen MR) is 134 cm³/mol. The summed E-state index contributed by atoms with van der Waals surface area (Å²) in [6, 6.07) is 9.93. The number of ether oxygens (including phenoxy) is 2. The Morgan fingerprint density at radius 1 is 1.12 bits per heavy atom. The fraction of sp³-hybridized carbons (Fsp3) is 0.577. The quantitative estimate of drug-likeness (QED) is 0.507. The number of fused-ring (bicyclic) bond motifs is 3. The first-order valence-corrected chi connectivity index (χ1v) is 12.2. The summed E-state index contributed by atoms with van der Waals surface area (Å²) < 4.78 is 12.6. The molecule has 2 aliphatic rings. The number of halogens is 1. The molecule has 0 unspecified atom stereocenters. The van der Waals surface area contributed by atoms with Gasteiger partial charge in [-0.3, -0.25) is 14.5 Å². The van der Waals surface area contributed by atoms with Crippen LogP contribution in [0.2, 0.25) is 0 Å². The Morgan fingerprint density at radius 3 is 2.44 bits per heavy atom. The van der Waals surface area contributed by atoms with Crippen LogP contribution in [0, 0.1) is 0 Å². The second-order valence-corrected chi connectivity index (χ2v) is 9.42. The Balaban J connectivity index is 0.00000324. The number of hydrogen-bond acceptors (Lipinski definition) is 6. The Hall–Kier alpha value is -2.38. The molecule has 186 valence electrons. The van der Waals surface area contributed by atoms with E-state index >= 15 is 0 Å². The normalized spacial score (nSPS) is 21.9.